The first-order valence-corrected chi connectivity index (χ1v) is 4.81. The van der Waals surface area contributed by atoms with E-state index in [0.29, 0.717) is 0 Å². The molecule has 0 unspecified atom stereocenters. The number of nitro groups is 1. The molecule has 0 fully saturated rings. The van der Waals surface area contributed by atoms with Crippen LogP contribution in [0.5, 0.6) is 0 Å². The predicted molar refractivity (Wildman–Crippen MR) is 56.4 cm³/mol. The van der Waals surface area contributed by atoms with Gasteiger partial charge in [0.2, 0.25) is 0 Å². The number of nitrogens with zero attached hydrogens (tertiary/aromatic N) is 1. The monoisotopic (exact) mass is 241 g/mol. The number of rotatable bonds is 5. The van der Waals surface area contributed by atoms with Crippen molar-refractivity contribution in [2.75, 3.05) is 13.2 Å². The first-order valence-electron chi connectivity index (χ1n) is 4.81. The van der Waals surface area contributed by atoms with E-state index in [9.17, 15) is 19.7 Å². The molecule has 0 aliphatic carbocycles. The van der Waals surface area contributed by atoms with Crippen molar-refractivity contribution in [3.05, 3.63) is 27.9 Å². The number of aromatic nitrogens is 1. The third-order valence-electron chi connectivity index (χ3n) is 1.81. The molecule has 0 saturated carbocycles. The van der Waals surface area contributed by atoms with Crippen LogP contribution in [0, 0.1) is 10.1 Å². The van der Waals surface area contributed by atoms with E-state index in [2.05, 4.69) is 15.0 Å². The molecule has 0 atom stereocenters. The van der Waals surface area contributed by atoms with Crippen molar-refractivity contribution in [3.63, 3.8) is 0 Å². The zero-order valence-electron chi connectivity index (χ0n) is 9.06. The molecular formula is C9H11N3O5. The molecule has 1 aromatic heterocycles. The number of nitrogens with one attached hydrogen (secondary N) is 2. The van der Waals surface area contributed by atoms with Crippen molar-refractivity contribution < 1.29 is 19.2 Å². The molecule has 17 heavy (non-hydrogen) atoms. The highest BCUT2D eigenvalue weighted by Crippen LogP contribution is 2.09. The predicted octanol–water partition coefficient (Wildman–Crippen LogP) is 0.216. The summed E-state index contributed by atoms with van der Waals surface area (Å²) in [6.07, 6.45) is 0. The minimum atomic E-state index is -0.651. The summed E-state index contributed by atoms with van der Waals surface area (Å²) in [5, 5.41) is 12.6. The Balaban J connectivity index is 2.52. The van der Waals surface area contributed by atoms with Crippen molar-refractivity contribution in [2.24, 2.45) is 0 Å². The quantitative estimate of drug-likeness (QED) is 0.434. The maximum Gasteiger partial charge on any atom is 0.325 e. The van der Waals surface area contributed by atoms with Gasteiger partial charge in [-0.3, -0.25) is 9.59 Å². The molecular weight excluding hydrogens is 230 g/mol. The van der Waals surface area contributed by atoms with Gasteiger partial charge >= 0.3 is 11.8 Å². The molecule has 1 heterocycles. The number of carbonyl (C=O) groups is 2. The lowest BCUT2D eigenvalue weighted by atomic mass is 10.4. The third kappa shape index (κ3) is 3.59. The maximum atomic E-state index is 11.4. The molecule has 1 aromatic rings. The summed E-state index contributed by atoms with van der Waals surface area (Å²) in [5.74, 6) is -1.46. The van der Waals surface area contributed by atoms with Gasteiger partial charge in [-0.05, 0) is 17.9 Å². The van der Waals surface area contributed by atoms with Gasteiger partial charge in [0.05, 0.1) is 6.61 Å². The second-order valence-electron chi connectivity index (χ2n) is 3.00. The number of esters is 1. The van der Waals surface area contributed by atoms with Crippen LogP contribution in [0.4, 0.5) is 5.82 Å². The Morgan fingerprint density at radius 2 is 2.24 bits per heavy atom. The summed E-state index contributed by atoms with van der Waals surface area (Å²) in [6, 6.07) is 2.43. The van der Waals surface area contributed by atoms with E-state index < -0.39 is 16.8 Å². The Labute approximate surface area is 96.1 Å². The zero-order chi connectivity index (χ0) is 12.8. The molecule has 0 aliphatic rings. The number of amides is 1. The summed E-state index contributed by atoms with van der Waals surface area (Å²) in [4.78, 5) is 34.4. The Morgan fingerprint density at radius 1 is 1.53 bits per heavy atom. The minimum Gasteiger partial charge on any atom is -0.465 e. The van der Waals surface area contributed by atoms with E-state index in [-0.39, 0.29) is 24.7 Å². The lowest BCUT2D eigenvalue weighted by molar-refractivity contribution is -0.389. The van der Waals surface area contributed by atoms with Gasteiger partial charge in [-0.15, -0.1) is 0 Å². The van der Waals surface area contributed by atoms with Gasteiger partial charge in [0.15, 0.2) is 5.69 Å². The van der Waals surface area contributed by atoms with Crippen LogP contribution in [-0.2, 0) is 9.53 Å². The van der Waals surface area contributed by atoms with Gasteiger partial charge in [0, 0.05) is 6.07 Å². The van der Waals surface area contributed by atoms with Crippen LogP contribution >= 0.6 is 0 Å². The van der Waals surface area contributed by atoms with Crippen LogP contribution in [-0.4, -0.2) is 34.9 Å². The van der Waals surface area contributed by atoms with Crippen LogP contribution in [0.15, 0.2) is 12.1 Å². The van der Waals surface area contributed by atoms with Crippen molar-refractivity contribution in [2.45, 2.75) is 6.92 Å². The van der Waals surface area contributed by atoms with Gasteiger partial charge in [-0.25, -0.2) is 4.98 Å². The number of hydrogen-bond donors (Lipinski definition) is 2. The number of ether oxygens (including phenoxy) is 1. The number of carbonyl (C=O) groups excluding carboxylic acids is 2. The topological polar surface area (TPSA) is 114 Å². The summed E-state index contributed by atoms with van der Waals surface area (Å²) >= 11 is 0. The fraction of sp³-hybridized carbons (Fsp3) is 0.333. The van der Waals surface area contributed by atoms with Crippen LogP contribution in [0.2, 0.25) is 0 Å². The smallest absolute Gasteiger partial charge is 0.325 e. The van der Waals surface area contributed by atoms with Crippen LogP contribution in [0.1, 0.15) is 17.4 Å². The van der Waals surface area contributed by atoms with E-state index in [1.54, 1.807) is 6.92 Å². The van der Waals surface area contributed by atoms with Crippen molar-refractivity contribution in [1.82, 2.24) is 10.3 Å². The highest BCUT2D eigenvalue weighted by molar-refractivity contribution is 5.94. The first-order chi connectivity index (χ1) is 8.04. The average Bonchev–Trinajstić information content (AvgIpc) is 2.75. The number of hydrogen-bond acceptors (Lipinski definition) is 5. The van der Waals surface area contributed by atoms with Crippen LogP contribution < -0.4 is 5.32 Å². The van der Waals surface area contributed by atoms with Gasteiger partial charge in [0.1, 0.15) is 6.54 Å². The Morgan fingerprint density at radius 3 is 2.76 bits per heavy atom. The van der Waals surface area contributed by atoms with Gasteiger partial charge in [-0.1, -0.05) is 0 Å². The molecule has 1 rings (SSSR count). The van der Waals surface area contributed by atoms with Gasteiger partial charge in [-0.2, -0.15) is 0 Å². The SMILES string of the molecule is CCOC(=O)CNC(=O)c1ccc([N+](=O)[O-])[nH]1. The molecule has 0 bridgehead atoms. The molecule has 8 heteroatoms. The van der Waals surface area contributed by atoms with E-state index in [0.717, 1.165) is 0 Å². The summed E-state index contributed by atoms with van der Waals surface area (Å²) in [7, 11) is 0. The Kier molecular flexibility index (Phi) is 4.21. The third-order valence-corrected chi connectivity index (χ3v) is 1.81. The van der Waals surface area contributed by atoms with E-state index >= 15 is 0 Å². The fourth-order valence-electron chi connectivity index (χ4n) is 1.08. The standard InChI is InChI=1S/C9H11N3O5/c1-2-17-8(13)5-10-9(14)6-3-4-7(11-6)12(15)16/h3-4,11H,2,5H2,1H3,(H,10,14). The average molecular weight is 241 g/mol. The maximum absolute atomic E-state index is 11.4. The molecule has 92 valence electrons. The second kappa shape index (κ2) is 5.64. The summed E-state index contributed by atoms with van der Waals surface area (Å²) in [5.41, 5.74) is 0.0148. The minimum absolute atomic E-state index is 0.0148. The first kappa shape index (κ1) is 12.7. The van der Waals surface area contributed by atoms with E-state index in [1.807, 2.05) is 0 Å². The molecule has 0 aromatic carbocycles. The molecule has 0 radical (unpaired) electrons. The van der Waals surface area contributed by atoms with E-state index in [1.165, 1.54) is 12.1 Å². The Bertz CT molecular complexity index is 440. The summed E-state index contributed by atoms with van der Waals surface area (Å²) in [6.45, 7) is 1.59. The van der Waals surface area contributed by atoms with Gasteiger partial charge in [0.25, 0.3) is 5.91 Å². The molecule has 0 spiro atoms. The molecule has 2 N–H and O–H groups in total. The molecule has 0 aliphatic heterocycles. The van der Waals surface area contributed by atoms with Crippen molar-refractivity contribution >= 4 is 17.7 Å². The molecule has 0 saturated heterocycles. The molecule has 1 amide bonds. The summed E-state index contributed by atoms with van der Waals surface area (Å²) < 4.78 is 4.60. The highest BCUT2D eigenvalue weighted by Gasteiger charge is 2.15. The lowest BCUT2D eigenvalue weighted by Gasteiger charge is -2.01. The van der Waals surface area contributed by atoms with E-state index in [4.69, 9.17) is 0 Å². The number of H-pyrrole nitrogens is 1. The van der Waals surface area contributed by atoms with Crippen LogP contribution in [0.3, 0.4) is 0 Å². The zero-order valence-corrected chi connectivity index (χ0v) is 9.06. The largest absolute Gasteiger partial charge is 0.465 e. The second-order valence-corrected chi connectivity index (χ2v) is 3.00. The fourth-order valence-corrected chi connectivity index (χ4v) is 1.08. The van der Waals surface area contributed by atoms with Crippen LogP contribution in [0.25, 0.3) is 0 Å². The van der Waals surface area contributed by atoms with Gasteiger partial charge < -0.3 is 20.2 Å². The normalized spacial score (nSPS) is 9.71. The van der Waals surface area contributed by atoms with Crippen molar-refractivity contribution in [1.29, 1.82) is 0 Å². The Hall–Kier alpha value is -2.38. The van der Waals surface area contributed by atoms with Crippen molar-refractivity contribution in [3.8, 4) is 0 Å². The molecule has 8 nitrogen and oxygen atoms in total. The highest BCUT2D eigenvalue weighted by atomic mass is 16.6. The lowest BCUT2D eigenvalue weighted by Crippen LogP contribution is -2.30. The number of aromatic amines is 1.